The number of rotatable bonds is 4. The van der Waals surface area contributed by atoms with Crippen LogP contribution in [0.1, 0.15) is 11.1 Å². The molecule has 0 aromatic heterocycles. The molecule has 1 saturated heterocycles. The van der Waals surface area contributed by atoms with Crippen LogP contribution in [0.25, 0.3) is 6.08 Å². The third kappa shape index (κ3) is 3.47. The van der Waals surface area contributed by atoms with E-state index in [2.05, 4.69) is 0 Å². The number of thioether (sulfide) groups is 1. The molecular weight excluding hydrogens is 346 g/mol. The fourth-order valence-electron chi connectivity index (χ4n) is 2.28. The van der Waals surface area contributed by atoms with Crippen molar-refractivity contribution >= 4 is 40.6 Å². The Morgan fingerprint density at radius 2 is 1.83 bits per heavy atom. The monoisotopic (exact) mass is 359 g/mol. The molecule has 24 heavy (non-hydrogen) atoms. The summed E-state index contributed by atoms with van der Waals surface area (Å²) in [5.41, 5.74) is 1.58. The highest BCUT2D eigenvalue weighted by molar-refractivity contribution is 8.18. The van der Waals surface area contributed by atoms with Crippen LogP contribution in [-0.2, 0) is 11.3 Å². The zero-order valence-corrected chi connectivity index (χ0v) is 14.4. The van der Waals surface area contributed by atoms with E-state index >= 15 is 0 Å². The summed E-state index contributed by atoms with van der Waals surface area (Å²) in [6, 6.07) is 14.5. The molecule has 6 heteroatoms. The van der Waals surface area contributed by atoms with Crippen molar-refractivity contribution in [2.24, 2.45) is 0 Å². The summed E-state index contributed by atoms with van der Waals surface area (Å²) in [7, 11) is 1.59. The van der Waals surface area contributed by atoms with Gasteiger partial charge in [0.2, 0.25) is 0 Å². The molecule has 0 saturated carbocycles. The number of ether oxygens (including phenoxy) is 1. The van der Waals surface area contributed by atoms with Gasteiger partial charge in [-0.3, -0.25) is 14.5 Å². The molecule has 0 aliphatic carbocycles. The highest BCUT2D eigenvalue weighted by atomic mass is 35.5. The highest BCUT2D eigenvalue weighted by Gasteiger charge is 2.35. The van der Waals surface area contributed by atoms with Crippen molar-refractivity contribution in [3.63, 3.8) is 0 Å². The van der Waals surface area contributed by atoms with Crippen LogP contribution in [0.5, 0.6) is 5.75 Å². The molecule has 0 spiro atoms. The minimum absolute atomic E-state index is 0.171. The zero-order chi connectivity index (χ0) is 17.1. The van der Waals surface area contributed by atoms with Crippen molar-refractivity contribution < 1.29 is 14.3 Å². The maximum Gasteiger partial charge on any atom is 0.293 e. The largest absolute Gasteiger partial charge is 0.497 e. The van der Waals surface area contributed by atoms with E-state index in [9.17, 15) is 9.59 Å². The van der Waals surface area contributed by atoms with E-state index in [0.717, 1.165) is 28.6 Å². The summed E-state index contributed by atoms with van der Waals surface area (Å²) in [4.78, 5) is 26.3. The molecule has 122 valence electrons. The van der Waals surface area contributed by atoms with E-state index in [-0.39, 0.29) is 17.7 Å². The van der Waals surface area contributed by atoms with Crippen LogP contribution in [0.2, 0.25) is 5.02 Å². The normalized spacial score (nSPS) is 16.1. The molecule has 0 atom stereocenters. The summed E-state index contributed by atoms with van der Waals surface area (Å²) >= 11 is 7.05. The number of amides is 2. The third-order valence-corrected chi connectivity index (χ3v) is 4.85. The molecular formula is C18H14ClNO3S. The Kier molecular flexibility index (Phi) is 4.92. The molecule has 3 rings (SSSR count). The van der Waals surface area contributed by atoms with Gasteiger partial charge in [-0.2, -0.15) is 0 Å². The molecule has 1 aliphatic heterocycles. The molecule has 2 amide bonds. The summed E-state index contributed by atoms with van der Waals surface area (Å²) in [6.07, 6.45) is 1.71. The second-order valence-electron chi connectivity index (χ2n) is 5.13. The van der Waals surface area contributed by atoms with Gasteiger partial charge in [-0.15, -0.1) is 0 Å². The van der Waals surface area contributed by atoms with Crippen LogP contribution < -0.4 is 4.74 Å². The quantitative estimate of drug-likeness (QED) is 0.749. The fraction of sp³-hybridized carbons (Fsp3) is 0.111. The SMILES string of the molecule is COc1ccc(C=C2SC(=O)N(Cc3ccccc3Cl)C2=O)cc1. The molecule has 0 bridgehead atoms. The average molecular weight is 360 g/mol. The molecule has 2 aromatic rings. The summed E-state index contributed by atoms with van der Waals surface area (Å²) in [5.74, 6) is 0.430. The Balaban J connectivity index is 1.80. The standard InChI is InChI=1S/C18H14ClNO3S/c1-23-14-8-6-12(7-9-14)10-16-17(21)20(18(22)24-16)11-13-4-2-3-5-15(13)19/h2-10H,11H2,1H3. The predicted molar refractivity (Wildman–Crippen MR) is 96.0 cm³/mol. The van der Waals surface area contributed by atoms with E-state index in [4.69, 9.17) is 16.3 Å². The molecule has 4 nitrogen and oxygen atoms in total. The fourth-order valence-corrected chi connectivity index (χ4v) is 3.32. The summed E-state index contributed by atoms with van der Waals surface area (Å²) in [5, 5.41) is 0.246. The van der Waals surface area contributed by atoms with Crippen molar-refractivity contribution in [3.05, 3.63) is 69.6 Å². The molecule has 1 heterocycles. The first kappa shape index (κ1) is 16.6. The van der Waals surface area contributed by atoms with E-state index in [0.29, 0.717) is 9.93 Å². The van der Waals surface area contributed by atoms with Gasteiger partial charge in [-0.05, 0) is 47.2 Å². The maximum atomic E-state index is 12.5. The highest BCUT2D eigenvalue weighted by Crippen LogP contribution is 2.34. The Labute approximate surface area is 149 Å². The topological polar surface area (TPSA) is 46.6 Å². The Morgan fingerprint density at radius 3 is 2.50 bits per heavy atom. The molecule has 1 fully saturated rings. The lowest BCUT2D eigenvalue weighted by molar-refractivity contribution is -0.123. The summed E-state index contributed by atoms with van der Waals surface area (Å²) in [6.45, 7) is 0.171. The second-order valence-corrected chi connectivity index (χ2v) is 6.53. The molecule has 0 unspecified atom stereocenters. The first-order chi connectivity index (χ1) is 11.6. The Morgan fingerprint density at radius 1 is 1.12 bits per heavy atom. The van der Waals surface area contributed by atoms with Crippen LogP contribution in [0, 0.1) is 0 Å². The van der Waals surface area contributed by atoms with E-state index in [1.165, 1.54) is 4.90 Å². The van der Waals surface area contributed by atoms with Crippen molar-refractivity contribution in [2.45, 2.75) is 6.54 Å². The van der Waals surface area contributed by atoms with E-state index in [1.54, 1.807) is 37.5 Å². The zero-order valence-electron chi connectivity index (χ0n) is 12.9. The van der Waals surface area contributed by atoms with Gasteiger partial charge in [0.05, 0.1) is 18.6 Å². The number of imide groups is 1. The van der Waals surface area contributed by atoms with Gasteiger partial charge in [0.25, 0.3) is 11.1 Å². The number of carbonyl (C=O) groups excluding carboxylic acids is 2. The summed E-state index contributed by atoms with van der Waals surface area (Å²) < 4.78 is 5.10. The molecule has 0 radical (unpaired) electrons. The van der Waals surface area contributed by atoms with Crippen LogP contribution in [0.4, 0.5) is 4.79 Å². The smallest absolute Gasteiger partial charge is 0.293 e. The van der Waals surface area contributed by atoms with Crippen LogP contribution in [0.3, 0.4) is 0 Å². The van der Waals surface area contributed by atoms with E-state index < -0.39 is 0 Å². The molecule has 2 aromatic carbocycles. The van der Waals surface area contributed by atoms with Crippen LogP contribution in [-0.4, -0.2) is 23.2 Å². The third-order valence-electron chi connectivity index (χ3n) is 3.57. The van der Waals surface area contributed by atoms with E-state index in [1.807, 2.05) is 24.3 Å². The lowest BCUT2D eigenvalue weighted by atomic mass is 10.2. The number of hydrogen-bond acceptors (Lipinski definition) is 4. The maximum absolute atomic E-state index is 12.5. The molecule has 0 N–H and O–H groups in total. The number of hydrogen-bond donors (Lipinski definition) is 0. The van der Waals surface area contributed by atoms with Crippen molar-refractivity contribution in [3.8, 4) is 5.75 Å². The van der Waals surface area contributed by atoms with Gasteiger partial charge >= 0.3 is 0 Å². The van der Waals surface area contributed by atoms with Gasteiger partial charge in [0.1, 0.15) is 5.75 Å². The Hall–Kier alpha value is -2.24. The van der Waals surface area contributed by atoms with Crippen molar-refractivity contribution in [1.29, 1.82) is 0 Å². The first-order valence-electron chi connectivity index (χ1n) is 7.21. The van der Waals surface area contributed by atoms with Crippen LogP contribution in [0.15, 0.2) is 53.4 Å². The van der Waals surface area contributed by atoms with Gasteiger partial charge in [-0.25, -0.2) is 0 Å². The number of nitrogens with zero attached hydrogens (tertiary/aromatic N) is 1. The lowest BCUT2D eigenvalue weighted by Gasteiger charge is -2.13. The van der Waals surface area contributed by atoms with Gasteiger partial charge in [0.15, 0.2) is 0 Å². The minimum Gasteiger partial charge on any atom is -0.497 e. The predicted octanol–water partition coefficient (Wildman–Crippen LogP) is 4.59. The average Bonchev–Trinajstić information content (AvgIpc) is 2.85. The molecule has 1 aliphatic rings. The van der Waals surface area contributed by atoms with Crippen molar-refractivity contribution in [2.75, 3.05) is 7.11 Å². The van der Waals surface area contributed by atoms with Gasteiger partial charge < -0.3 is 4.74 Å². The second kappa shape index (κ2) is 7.11. The number of carbonyl (C=O) groups is 2. The van der Waals surface area contributed by atoms with Crippen LogP contribution >= 0.6 is 23.4 Å². The number of methoxy groups -OCH3 is 1. The lowest BCUT2D eigenvalue weighted by Crippen LogP contribution is -2.27. The number of halogens is 1. The number of benzene rings is 2. The first-order valence-corrected chi connectivity index (χ1v) is 8.41. The van der Waals surface area contributed by atoms with Crippen molar-refractivity contribution in [1.82, 2.24) is 4.90 Å². The van der Waals surface area contributed by atoms with Gasteiger partial charge in [-0.1, -0.05) is 41.9 Å². The Bertz CT molecular complexity index is 817. The van der Waals surface area contributed by atoms with Gasteiger partial charge in [0, 0.05) is 5.02 Å². The minimum atomic E-state index is -0.305.